The van der Waals surface area contributed by atoms with Crippen molar-refractivity contribution in [1.82, 2.24) is 10.2 Å². The summed E-state index contributed by atoms with van der Waals surface area (Å²) in [6.45, 7) is 11.9. The molecule has 2 N–H and O–H groups in total. The third-order valence-electron chi connectivity index (χ3n) is 6.25. The highest BCUT2D eigenvalue weighted by Crippen LogP contribution is 2.39. The predicted molar refractivity (Wildman–Crippen MR) is 117 cm³/mol. The molecule has 0 saturated carbocycles. The highest BCUT2D eigenvalue weighted by Gasteiger charge is 2.46. The van der Waals surface area contributed by atoms with E-state index >= 15 is 0 Å². The van der Waals surface area contributed by atoms with Gasteiger partial charge in [0.1, 0.15) is 6.10 Å². The number of nitrogens with one attached hydrogen (secondary N) is 2. The van der Waals surface area contributed by atoms with Crippen molar-refractivity contribution in [3.63, 3.8) is 0 Å². The maximum Gasteiger partial charge on any atom is 0.188 e. The summed E-state index contributed by atoms with van der Waals surface area (Å²) in [5.74, 6) is 1.89. The Labute approximate surface area is 167 Å². The van der Waals surface area contributed by atoms with Crippen LogP contribution in [0.25, 0.3) is 0 Å². The summed E-state index contributed by atoms with van der Waals surface area (Å²) in [5, 5.41) is 12.5. The Balaban J connectivity index is 2.69. The first-order valence-corrected chi connectivity index (χ1v) is 11.3. The summed E-state index contributed by atoms with van der Waals surface area (Å²) in [5.41, 5.74) is -0.142. The Morgan fingerprint density at radius 1 is 1.38 bits per heavy atom. The van der Waals surface area contributed by atoms with Crippen LogP contribution in [-0.4, -0.2) is 55.4 Å². The summed E-state index contributed by atoms with van der Waals surface area (Å²) in [6, 6.07) is 0.368. The average Bonchev–Trinajstić information content (AvgIpc) is 3.07. The predicted octanol–water partition coefficient (Wildman–Crippen LogP) is 4.60. The number of likely N-dealkylation sites (N-methyl/N-ethyl adjacent to an activating group) is 1. The summed E-state index contributed by atoms with van der Waals surface area (Å²) in [4.78, 5) is 2.31. The minimum Gasteiger partial charge on any atom is -0.475 e. The summed E-state index contributed by atoms with van der Waals surface area (Å²) >= 11 is 4.49. The molecule has 5 heteroatoms. The third kappa shape index (κ3) is 6.72. The molecule has 154 valence electrons. The van der Waals surface area contributed by atoms with Gasteiger partial charge >= 0.3 is 0 Å². The van der Waals surface area contributed by atoms with Gasteiger partial charge in [-0.15, -0.1) is 0 Å². The van der Waals surface area contributed by atoms with Crippen molar-refractivity contribution in [3.8, 4) is 0 Å². The van der Waals surface area contributed by atoms with Crippen molar-refractivity contribution in [1.29, 1.82) is 5.41 Å². The molecule has 1 heterocycles. The van der Waals surface area contributed by atoms with Gasteiger partial charge in [-0.05, 0) is 58.2 Å². The van der Waals surface area contributed by atoms with Crippen LogP contribution in [0.5, 0.6) is 0 Å². The standard InChI is InChI=1S/C21H43N3OS/c1-6-9-14-24(5)15-18(16-26)25-20(22)21(8-3)12-13-23-19(21)11-10-17(4)7-2/h17-19,22-23,26H,6-16H2,1-5H3. The quantitative estimate of drug-likeness (QED) is 0.247. The van der Waals surface area contributed by atoms with Crippen molar-refractivity contribution in [2.45, 2.75) is 84.8 Å². The topological polar surface area (TPSA) is 48.4 Å². The van der Waals surface area contributed by atoms with Crippen LogP contribution in [0.4, 0.5) is 0 Å². The van der Waals surface area contributed by atoms with E-state index in [0.29, 0.717) is 17.7 Å². The maximum atomic E-state index is 8.80. The van der Waals surface area contributed by atoms with Crippen molar-refractivity contribution in [2.75, 3.05) is 32.4 Å². The Morgan fingerprint density at radius 2 is 2.12 bits per heavy atom. The summed E-state index contributed by atoms with van der Waals surface area (Å²) in [6.07, 6.45) is 7.96. The number of hydrogen-bond acceptors (Lipinski definition) is 5. The normalized spacial score (nSPS) is 25.4. The largest absolute Gasteiger partial charge is 0.475 e. The van der Waals surface area contributed by atoms with Gasteiger partial charge in [0, 0.05) is 18.3 Å². The smallest absolute Gasteiger partial charge is 0.188 e. The molecule has 0 spiro atoms. The van der Waals surface area contributed by atoms with Gasteiger partial charge in [0.25, 0.3) is 0 Å². The minimum atomic E-state index is -0.142. The second-order valence-corrected chi connectivity index (χ2v) is 8.59. The molecule has 0 aromatic rings. The van der Waals surface area contributed by atoms with Crippen LogP contribution >= 0.6 is 12.6 Å². The van der Waals surface area contributed by atoms with E-state index < -0.39 is 0 Å². The molecule has 1 aliphatic rings. The van der Waals surface area contributed by atoms with Crippen LogP contribution < -0.4 is 5.32 Å². The Bertz CT molecular complexity index is 407. The van der Waals surface area contributed by atoms with Gasteiger partial charge < -0.3 is 15.0 Å². The van der Waals surface area contributed by atoms with Gasteiger partial charge in [-0.3, -0.25) is 5.41 Å². The Kier molecular flexibility index (Phi) is 11.2. The molecule has 4 nitrogen and oxygen atoms in total. The first-order valence-electron chi connectivity index (χ1n) is 10.7. The molecule has 1 fully saturated rings. The number of nitrogens with zero attached hydrogens (tertiary/aromatic N) is 1. The lowest BCUT2D eigenvalue weighted by atomic mass is 9.75. The van der Waals surface area contributed by atoms with Gasteiger partial charge in [0.15, 0.2) is 5.90 Å². The van der Waals surface area contributed by atoms with Crippen LogP contribution in [0.2, 0.25) is 0 Å². The van der Waals surface area contributed by atoms with Crippen molar-refractivity contribution >= 4 is 18.5 Å². The van der Waals surface area contributed by atoms with Crippen LogP contribution in [-0.2, 0) is 4.74 Å². The van der Waals surface area contributed by atoms with Gasteiger partial charge in [0.2, 0.25) is 0 Å². The van der Waals surface area contributed by atoms with E-state index in [1.54, 1.807) is 0 Å². The number of unbranched alkanes of at least 4 members (excludes halogenated alkanes) is 1. The fourth-order valence-corrected chi connectivity index (χ4v) is 4.20. The number of hydrogen-bond donors (Lipinski definition) is 3. The van der Waals surface area contributed by atoms with Gasteiger partial charge in [-0.2, -0.15) is 12.6 Å². The van der Waals surface area contributed by atoms with Gasteiger partial charge in [-0.25, -0.2) is 0 Å². The van der Waals surface area contributed by atoms with E-state index in [1.165, 1.54) is 25.7 Å². The zero-order valence-electron chi connectivity index (χ0n) is 17.8. The van der Waals surface area contributed by atoms with Crippen LogP contribution in [0, 0.1) is 16.7 Å². The lowest BCUT2D eigenvalue weighted by Gasteiger charge is -2.36. The number of ether oxygens (including phenoxy) is 1. The Morgan fingerprint density at radius 3 is 2.69 bits per heavy atom. The molecular weight excluding hydrogens is 342 g/mol. The average molecular weight is 386 g/mol. The molecule has 1 aliphatic heterocycles. The van der Waals surface area contributed by atoms with E-state index in [1.807, 2.05) is 0 Å². The van der Waals surface area contributed by atoms with E-state index in [2.05, 4.69) is 57.6 Å². The van der Waals surface area contributed by atoms with E-state index in [4.69, 9.17) is 10.1 Å². The molecule has 0 aromatic heterocycles. The molecule has 0 bridgehead atoms. The third-order valence-corrected chi connectivity index (χ3v) is 6.66. The molecular formula is C21H43N3OS. The molecule has 0 amide bonds. The second kappa shape index (κ2) is 12.2. The zero-order valence-corrected chi connectivity index (χ0v) is 18.7. The summed E-state index contributed by atoms with van der Waals surface area (Å²) < 4.78 is 6.22. The van der Waals surface area contributed by atoms with Crippen molar-refractivity contribution in [2.24, 2.45) is 11.3 Å². The SMILES string of the molecule is CCCCN(C)CC(CS)OC(=N)C1(CC)CCNC1CCC(C)CC. The van der Waals surface area contributed by atoms with Crippen molar-refractivity contribution in [3.05, 3.63) is 0 Å². The minimum absolute atomic E-state index is 0.00747. The fraction of sp³-hybridized carbons (Fsp3) is 0.952. The second-order valence-electron chi connectivity index (χ2n) is 8.22. The van der Waals surface area contributed by atoms with Crippen LogP contribution in [0.1, 0.15) is 72.6 Å². The molecule has 0 radical (unpaired) electrons. The zero-order chi connectivity index (χ0) is 19.6. The molecule has 4 atom stereocenters. The molecule has 0 aromatic carbocycles. The van der Waals surface area contributed by atoms with Gasteiger partial charge in [0.05, 0.1) is 5.41 Å². The van der Waals surface area contributed by atoms with E-state index in [9.17, 15) is 0 Å². The maximum absolute atomic E-state index is 8.80. The number of rotatable bonds is 13. The Hall–Kier alpha value is -0.260. The first-order chi connectivity index (χ1) is 12.4. The highest BCUT2D eigenvalue weighted by atomic mass is 32.1. The monoisotopic (exact) mass is 385 g/mol. The van der Waals surface area contributed by atoms with E-state index in [-0.39, 0.29) is 11.5 Å². The summed E-state index contributed by atoms with van der Waals surface area (Å²) in [7, 11) is 2.14. The van der Waals surface area contributed by atoms with Crippen LogP contribution in [0.15, 0.2) is 0 Å². The fourth-order valence-electron chi connectivity index (χ4n) is 4.01. The van der Waals surface area contributed by atoms with Crippen LogP contribution in [0.3, 0.4) is 0 Å². The highest BCUT2D eigenvalue weighted by molar-refractivity contribution is 7.80. The lowest BCUT2D eigenvalue weighted by Crippen LogP contribution is -2.46. The molecule has 26 heavy (non-hydrogen) atoms. The molecule has 4 unspecified atom stereocenters. The number of thiol groups is 1. The molecule has 1 rings (SSSR count). The lowest BCUT2D eigenvalue weighted by molar-refractivity contribution is 0.122. The molecule has 1 saturated heterocycles. The van der Waals surface area contributed by atoms with E-state index in [0.717, 1.165) is 44.8 Å². The molecule has 0 aliphatic carbocycles. The van der Waals surface area contributed by atoms with Gasteiger partial charge in [-0.1, -0.05) is 40.5 Å². The van der Waals surface area contributed by atoms with Crippen molar-refractivity contribution < 1.29 is 4.74 Å². The first kappa shape index (κ1) is 23.8.